The Bertz CT molecular complexity index is 1050. The molecule has 1 aromatic heterocycles. The Labute approximate surface area is 132 Å². The first kappa shape index (κ1) is 13.4. The summed E-state index contributed by atoms with van der Waals surface area (Å²) in [5.41, 5.74) is 3.08. The molecule has 4 nitrogen and oxygen atoms in total. The van der Waals surface area contributed by atoms with Gasteiger partial charge in [0.15, 0.2) is 0 Å². The zero-order chi connectivity index (χ0) is 15.8. The van der Waals surface area contributed by atoms with Gasteiger partial charge < -0.3 is 5.11 Å². The van der Waals surface area contributed by atoms with Gasteiger partial charge in [0.1, 0.15) is 5.52 Å². The van der Waals surface area contributed by atoms with Gasteiger partial charge in [0.05, 0.1) is 11.1 Å². The van der Waals surface area contributed by atoms with Crippen molar-refractivity contribution in [2.24, 2.45) is 0 Å². The van der Waals surface area contributed by atoms with Gasteiger partial charge in [-0.3, -0.25) is 9.97 Å². The van der Waals surface area contributed by atoms with Crippen molar-refractivity contribution in [2.45, 2.75) is 0 Å². The summed E-state index contributed by atoms with van der Waals surface area (Å²) in [4.78, 5) is 20.0. The van der Waals surface area contributed by atoms with E-state index in [-0.39, 0.29) is 5.56 Å². The first-order chi connectivity index (χ1) is 11.3. The second-order valence-electron chi connectivity index (χ2n) is 5.25. The van der Waals surface area contributed by atoms with Gasteiger partial charge in [-0.15, -0.1) is 0 Å². The maximum absolute atomic E-state index is 11.4. The standard InChI is InChI=1S/C19H12N2O2/c22-19(23)16-9-8-15(17-18(16)21-11-10-20-17)14-7-3-5-12-4-1-2-6-13(12)14/h1-11H,(H,22,23). The monoisotopic (exact) mass is 300 g/mol. The second-order valence-corrected chi connectivity index (χ2v) is 5.25. The molecule has 0 atom stereocenters. The van der Waals surface area contributed by atoms with Crippen LogP contribution in [0.5, 0.6) is 0 Å². The zero-order valence-corrected chi connectivity index (χ0v) is 12.1. The largest absolute Gasteiger partial charge is 0.478 e. The molecule has 1 heterocycles. The molecule has 0 saturated carbocycles. The van der Waals surface area contributed by atoms with E-state index in [1.807, 2.05) is 30.3 Å². The number of rotatable bonds is 2. The third-order valence-corrected chi connectivity index (χ3v) is 3.94. The SMILES string of the molecule is O=C(O)c1ccc(-c2cccc3ccccc23)c2nccnc12. The molecule has 0 bridgehead atoms. The molecule has 110 valence electrons. The first-order valence-corrected chi connectivity index (χ1v) is 7.21. The molecule has 3 aromatic carbocycles. The smallest absolute Gasteiger partial charge is 0.337 e. The predicted octanol–water partition coefficient (Wildman–Crippen LogP) is 4.15. The van der Waals surface area contributed by atoms with Crippen LogP contribution >= 0.6 is 0 Å². The first-order valence-electron chi connectivity index (χ1n) is 7.21. The van der Waals surface area contributed by atoms with Crippen LogP contribution in [0.2, 0.25) is 0 Å². The van der Waals surface area contributed by atoms with Gasteiger partial charge >= 0.3 is 5.97 Å². The number of hydrogen-bond donors (Lipinski definition) is 1. The summed E-state index contributed by atoms with van der Waals surface area (Å²) in [7, 11) is 0. The lowest BCUT2D eigenvalue weighted by Gasteiger charge is -2.10. The molecule has 0 spiro atoms. The summed E-state index contributed by atoms with van der Waals surface area (Å²) in [6.07, 6.45) is 3.10. The molecule has 0 aliphatic carbocycles. The molecule has 4 aromatic rings. The highest BCUT2D eigenvalue weighted by Crippen LogP contribution is 2.33. The van der Waals surface area contributed by atoms with Gasteiger partial charge in [-0.2, -0.15) is 0 Å². The molecule has 0 radical (unpaired) electrons. The second kappa shape index (κ2) is 5.18. The summed E-state index contributed by atoms with van der Waals surface area (Å²) >= 11 is 0. The molecule has 0 saturated heterocycles. The molecule has 0 unspecified atom stereocenters. The van der Waals surface area contributed by atoms with Crippen LogP contribution in [0.3, 0.4) is 0 Å². The number of carbonyl (C=O) groups is 1. The Morgan fingerprint density at radius 1 is 0.783 bits per heavy atom. The van der Waals surface area contributed by atoms with Crippen LogP contribution in [0, 0.1) is 0 Å². The van der Waals surface area contributed by atoms with Crippen molar-refractivity contribution < 1.29 is 9.90 Å². The van der Waals surface area contributed by atoms with E-state index in [1.54, 1.807) is 12.3 Å². The average molecular weight is 300 g/mol. The maximum Gasteiger partial charge on any atom is 0.337 e. The van der Waals surface area contributed by atoms with E-state index in [4.69, 9.17) is 0 Å². The van der Waals surface area contributed by atoms with Crippen LogP contribution in [0.4, 0.5) is 0 Å². The number of nitrogens with zero attached hydrogens (tertiary/aromatic N) is 2. The minimum atomic E-state index is -1.00. The maximum atomic E-state index is 11.4. The summed E-state index contributed by atoms with van der Waals surface area (Å²) in [5, 5.41) is 11.6. The predicted molar refractivity (Wildman–Crippen MR) is 89.4 cm³/mol. The third-order valence-electron chi connectivity index (χ3n) is 3.94. The van der Waals surface area contributed by atoms with E-state index >= 15 is 0 Å². The highest BCUT2D eigenvalue weighted by atomic mass is 16.4. The Morgan fingerprint density at radius 2 is 1.52 bits per heavy atom. The highest BCUT2D eigenvalue weighted by molar-refractivity contribution is 6.08. The lowest BCUT2D eigenvalue weighted by atomic mass is 9.96. The Kier molecular flexibility index (Phi) is 3.01. The van der Waals surface area contributed by atoms with Crippen LogP contribution in [0.1, 0.15) is 10.4 Å². The van der Waals surface area contributed by atoms with Gasteiger partial charge in [0.25, 0.3) is 0 Å². The molecule has 4 rings (SSSR count). The third kappa shape index (κ3) is 2.12. The summed E-state index contributed by atoms with van der Waals surface area (Å²) in [6, 6.07) is 17.6. The van der Waals surface area contributed by atoms with Gasteiger partial charge in [-0.1, -0.05) is 48.5 Å². The van der Waals surface area contributed by atoms with Gasteiger partial charge in [0, 0.05) is 18.0 Å². The fourth-order valence-corrected chi connectivity index (χ4v) is 2.91. The van der Waals surface area contributed by atoms with Gasteiger partial charge in [-0.25, -0.2) is 4.79 Å². The van der Waals surface area contributed by atoms with E-state index < -0.39 is 5.97 Å². The Balaban J connectivity index is 2.10. The number of aromatic carboxylic acids is 1. The fourth-order valence-electron chi connectivity index (χ4n) is 2.91. The Hall–Kier alpha value is -3.27. The molecular weight excluding hydrogens is 288 g/mol. The number of benzene rings is 3. The fraction of sp³-hybridized carbons (Fsp3) is 0. The number of carboxylic acids is 1. The summed E-state index contributed by atoms with van der Waals surface area (Å²) in [5.74, 6) is -1.00. The molecule has 23 heavy (non-hydrogen) atoms. The normalized spacial score (nSPS) is 11.0. The zero-order valence-electron chi connectivity index (χ0n) is 12.1. The van der Waals surface area contributed by atoms with Crippen molar-refractivity contribution in [1.29, 1.82) is 0 Å². The van der Waals surface area contributed by atoms with Crippen LogP contribution in [-0.2, 0) is 0 Å². The number of aromatic nitrogens is 2. The van der Waals surface area contributed by atoms with E-state index in [2.05, 4.69) is 28.2 Å². The van der Waals surface area contributed by atoms with Gasteiger partial charge in [-0.05, 0) is 22.4 Å². The molecular formula is C19H12N2O2. The number of hydrogen-bond acceptors (Lipinski definition) is 3. The minimum Gasteiger partial charge on any atom is -0.478 e. The molecule has 0 amide bonds. The topological polar surface area (TPSA) is 63.1 Å². The lowest BCUT2D eigenvalue weighted by molar-refractivity contribution is 0.0699. The van der Waals surface area contributed by atoms with Crippen LogP contribution in [0.15, 0.2) is 67.0 Å². The van der Waals surface area contributed by atoms with Crippen molar-refractivity contribution in [3.63, 3.8) is 0 Å². The van der Waals surface area contributed by atoms with Crippen LogP contribution in [0.25, 0.3) is 32.9 Å². The molecule has 0 aliphatic rings. The van der Waals surface area contributed by atoms with Crippen LogP contribution < -0.4 is 0 Å². The van der Waals surface area contributed by atoms with Crippen molar-refractivity contribution in [3.8, 4) is 11.1 Å². The summed E-state index contributed by atoms with van der Waals surface area (Å²) in [6.45, 7) is 0. The molecule has 4 heteroatoms. The molecule has 1 N–H and O–H groups in total. The quantitative estimate of drug-likeness (QED) is 0.604. The summed E-state index contributed by atoms with van der Waals surface area (Å²) < 4.78 is 0. The number of fused-ring (bicyclic) bond motifs is 2. The van der Waals surface area contributed by atoms with E-state index in [9.17, 15) is 9.90 Å². The van der Waals surface area contributed by atoms with E-state index in [0.29, 0.717) is 11.0 Å². The van der Waals surface area contributed by atoms with Crippen molar-refractivity contribution >= 4 is 27.8 Å². The van der Waals surface area contributed by atoms with E-state index in [1.165, 1.54) is 6.20 Å². The van der Waals surface area contributed by atoms with E-state index in [0.717, 1.165) is 21.9 Å². The van der Waals surface area contributed by atoms with Crippen molar-refractivity contribution in [1.82, 2.24) is 9.97 Å². The van der Waals surface area contributed by atoms with Gasteiger partial charge in [0.2, 0.25) is 0 Å². The molecule has 0 aliphatic heterocycles. The van der Waals surface area contributed by atoms with Crippen LogP contribution in [-0.4, -0.2) is 21.0 Å². The molecule has 0 fully saturated rings. The highest BCUT2D eigenvalue weighted by Gasteiger charge is 2.15. The van der Waals surface area contributed by atoms with Crippen molar-refractivity contribution in [3.05, 3.63) is 72.6 Å². The Morgan fingerprint density at radius 3 is 2.35 bits per heavy atom. The lowest BCUT2D eigenvalue weighted by Crippen LogP contribution is -2.00. The average Bonchev–Trinajstić information content (AvgIpc) is 2.60. The van der Waals surface area contributed by atoms with Crippen molar-refractivity contribution in [2.75, 3.05) is 0 Å². The minimum absolute atomic E-state index is 0.164. The number of carboxylic acid groups (broad SMARTS) is 1.